The third-order valence-corrected chi connectivity index (χ3v) is 6.55. The molecule has 0 radical (unpaired) electrons. The number of ether oxygens (including phenoxy) is 1. The number of esters is 1. The van der Waals surface area contributed by atoms with E-state index in [9.17, 15) is 18.8 Å². The van der Waals surface area contributed by atoms with Gasteiger partial charge in [-0.3, -0.25) is 14.4 Å². The Labute approximate surface area is 177 Å². The van der Waals surface area contributed by atoms with E-state index in [2.05, 4.69) is 19.2 Å². The zero-order chi connectivity index (χ0) is 21.7. The molecule has 30 heavy (non-hydrogen) atoms. The minimum atomic E-state index is -0.506. The summed E-state index contributed by atoms with van der Waals surface area (Å²) in [5, 5.41) is 2.68. The predicted molar refractivity (Wildman–Crippen MR) is 110 cm³/mol. The Balaban J connectivity index is 1.39. The van der Waals surface area contributed by atoms with Gasteiger partial charge in [-0.25, -0.2) is 4.39 Å². The van der Waals surface area contributed by atoms with Crippen molar-refractivity contribution in [1.29, 1.82) is 0 Å². The lowest BCUT2D eigenvalue weighted by atomic mass is 9.77. The summed E-state index contributed by atoms with van der Waals surface area (Å²) in [5.41, 5.74) is 0.907. The lowest BCUT2D eigenvalue weighted by molar-refractivity contribution is -0.152. The van der Waals surface area contributed by atoms with Crippen LogP contribution in [0.1, 0.15) is 45.1 Å². The van der Waals surface area contributed by atoms with Crippen molar-refractivity contribution >= 4 is 17.8 Å². The predicted octanol–water partition coefficient (Wildman–Crippen LogP) is 2.70. The number of nitrogens with one attached hydrogen (secondary N) is 1. The average Bonchev–Trinajstić information content (AvgIpc) is 3.11. The van der Waals surface area contributed by atoms with E-state index in [0.29, 0.717) is 31.3 Å². The van der Waals surface area contributed by atoms with Crippen LogP contribution in [0.5, 0.6) is 0 Å². The Bertz CT molecular complexity index is 767. The molecule has 1 aliphatic heterocycles. The Kier molecular flexibility index (Phi) is 7.45. The normalized spacial score (nSPS) is 26.5. The Morgan fingerprint density at radius 2 is 1.93 bits per heavy atom. The molecule has 0 spiro atoms. The van der Waals surface area contributed by atoms with Crippen LogP contribution in [0.3, 0.4) is 0 Å². The van der Waals surface area contributed by atoms with Gasteiger partial charge < -0.3 is 15.0 Å². The molecule has 1 heterocycles. The first-order valence-corrected chi connectivity index (χ1v) is 10.8. The topological polar surface area (TPSA) is 75.7 Å². The first kappa shape index (κ1) is 22.2. The average molecular weight is 419 g/mol. The molecule has 1 aromatic rings. The van der Waals surface area contributed by atoms with Crippen LogP contribution in [-0.4, -0.2) is 48.4 Å². The van der Waals surface area contributed by atoms with Crippen LogP contribution >= 0.6 is 0 Å². The van der Waals surface area contributed by atoms with Crippen LogP contribution in [0.2, 0.25) is 0 Å². The van der Waals surface area contributed by atoms with Gasteiger partial charge in [0.2, 0.25) is 5.91 Å². The number of likely N-dealkylation sites (tertiary alicyclic amines) is 1. The largest absolute Gasteiger partial charge is 0.455 e. The number of halogens is 1. The Hall–Kier alpha value is -2.44. The zero-order valence-electron chi connectivity index (χ0n) is 17.7. The highest BCUT2D eigenvalue weighted by molar-refractivity contribution is 5.88. The summed E-state index contributed by atoms with van der Waals surface area (Å²) in [6.07, 6.45) is 3.98. The molecule has 164 valence electrons. The fourth-order valence-electron chi connectivity index (χ4n) is 4.51. The van der Waals surface area contributed by atoms with Crippen molar-refractivity contribution in [3.63, 3.8) is 0 Å². The maximum atomic E-state index is 12.9. The summed E-state index contributed by atoms with van der Waals surface area (Å²) in [6.45, 7) is 4.80. The lowest BCUT2D eigenvalue weighted by Crippen LogP contribution is -2.45. The molecule has 0 bridgehead atoms. The molecule has 0 aromatic heterocycles. The summed E-state index contributed by atoms with van der Waals surface area (Å²) in [6, 6.07) is 6.27. The molecule has 4 atom stereocenters. The number of carbonyl (C=O) groups excluding carboxylic acids is 3. The molecule has 7 heteroatoms. The van der Waals surface area contributed by atoms with Crippen LogP contribution in [0.4, 0.5) is 4.39 Å². The number of nitrogens with zero attached hydrogens (tertiary/aromatic N) is 1. The van der Waals surface area contributed by atoms with E-state index < -0.39 is 11.9 Å². The summed E-state index contributed by atoms with van der Waals surface area (Å²) in [5.74, 6) is -0.686. The third kappa shape index (κ3) is 5.58. The van der Waals surface area contributed by atoms with Gasteiger partial charge in [-0.2, -0.15) is 0 Å². The van der Waals surface area contributed by atoms with Crippen molar-refractivity contribution < 1.29 is 23.5 Å². The number of hydrogen-bond acceptors (Lipinski definition) is 4. The Morgan fingerprint density at radius 3 is 2.67 bits per heavy atom. The third-order valence-electron chi connectivity index (χ3n) is 6.55. The molecule has 2 fully saturated rings. The van der Waals surface area contributed by atoms with Crippen molar-refractivity contribution in [2.75, 3.05) is 19.7 Å². The van der Waals surface area contributed by atoms with Gasteiger partial charge in [0.25, 0.3) is 5.91 Å². The number of benzene rings is 1. The monoisotopic (exact) mass is 418 g/mol. The SMILES string of the molecule is C[C@@H]1[C@@H](C)CCC[C@@H]1N1C[C@H](C(=O)OCC(=O)NCCc2ccc(F)cc2)CC1=O. The van der Waals surface area contributed by atoms with Gasteiger partial charge in [-0.05, 0) is 42.4 Å². The molecular formula is C23H31FN2O4. The second kappa shape index (κ2) is 10.0. The van der Waals surface area contributed by atoms with E-state index in [4.69, 9.17) is 4.74 Å². The van der Waals surface area contributed by atoms with Crippen molar-refractivity contribution in [3.05, 3.63) is 35.6 Å². The van der Waals surface area contributed by atoms with Gasteiger partial charge >= 0.3 is 5.97 Å². The highest BCUT2D eigenvalue weighted by Gasteiger charge is 2.42. The molecule has 2 amide bonds. The first-order valence-electron chi connectivity index (χ1n) is 10.8. The smallest absolute Gasteiger partial charge is 0.311 e. The highest BCUT2D eigenvalue weighted by Crippen LogP contribution is 2.35. The molecule has 0 unspecified atom stereocenters. The molecule has 1 saturated heterocycles. The maximum Gasteiger partial charge on any atom is 0.311 e. The fourth-order valence-corrected chi connectivity index (χ4v) is 4.51. The van der Waals surface area contributed by atoms with E-state index in [-0.39, 0.29) is 36.7 Å². The van der Waals surface area contributed by atoms with Gasteiger partial charge in [0.05, 0.1) is 5.92 Å². The molecule has 1 aromatic carbocycles. The Morgan fingerprint density at radius 1 is 1.20 bits per heavy atom. The van der Waals surface area contributed by atoms with Crippen molar-refractivity contribution in [3.8, 4) is 0 Å². The van der Waals surface area contributed by atoms with E-state index >= 15 is 0 Å². The lowest BCUT2D eigenvalue weighted by Gasteiger charge is -2.39. The number of hydrogen-bond donors (Lipinski definition) is 1. The second-order valence-corrected chi connectivity index (χ2v) is 8.62. The highest BCUT2D eigenvalue weighted by atomic mass is 19.1. The van der Waals surface area contributed by atoms with Crippen LogP contribution < -0.4 is 5.32 Å². The van der Waals surface area contributed by atoms with Crippen LogP contribution in [0.15, 0.2) is 24.3 Å². The first-order chi connectivity index (χ1) is 14.3. The van der Waals surface area contributed by atoms with Crippen LogP contribution in [-0.2, 0) is 25.5 Å². The van der Waals surface area contributed by atoms with Gasteiger partial charge in [0.1, 0.15) is 5.82 Å². The standard InChI is InChI=1S/C23H31FN2O4/c1-15-4-3-5-20(16(15)2)26-13-18(12-22(26)28)23(29)30-14-21(27)25-11-10-17-6-8-19(24)9-7-17/h6-9,15-16,18,20H,3-5,10-14H2,1-2H3,(H,25,27)/t15-,16+,18+,20-/m0/s1. The summed E-state index contributed by atoms with van der Waals surface area (Å²) < 4.78 is 18.0. The molecule has 1 saturated carbocycles. The van der Waals surface area contributed by atoms with Gasteiger partial charge in [0, 0.05) is 25.6 Å². The minimum absolute atomic E-state index is 0.00616. The van der Waals surface area contributed by atoms with Crippen molar-refractivity contribution in [2.24, 2.45) is 17.8 Å². The summed E-state index contributed by atoms with van der Waals surface area (Å²) >= 11 is 0. The van der Waals surface area contributed by atoms with Crippen molar-refractivity contribution in [1.82, 2.24) is 10.2 Å². The summed E-state index contributed by atoms with van der Waals surface area (Å²) in [4.78, 5) is 38.7. The van der Waals surface area contributed by atoms with E-state index in [1.807, 2.05) is 4.90 Å². The maximum absolute atomic E-state index is 12.9. The molecule has 1 N–H and O–H groups in total. The van der Waals surface area contributed by atoms with E-state index in [1.54, 1.807) is 12.1 Å². The van der Waals surface area contributed by atoms with Gasteiger partial charge in [-0.1, -0.05) is 38.8 Å². The van der Waals surface area contributed by atoms with Crippen molar-refractivity contribution in [2.45, 2.75) is 52.0 Å². The molecule has 1 aliphatic carbocycles. The van der Waals surface area contributed by atoms with E-state index in [1.165, 1.54) is 18.6 Å². The second-order valence-electron chi connectivity index (χ2n) is 8.62. The fraction of sp³-hybridized carbons (Fsp3) is 0.609. The minimum Gasteiger partial charge on any atom is -0.455 e. The van der Waals surface area contributed by atoms with Gasteiger partial charge in [-0.15, -0.1) is 0 Å². The van der Waals surface area contributed by atoms with E-state index in [0.717, 1.165) is 18.4 Å². The number of amides is 2. The summed E-state index contributed by atoms with van der Waals surface area (Å²) in [7, 11) is 0. The van der Waals surface area contributed by atoms with Crippen LogP contribution in [0.25, 0.3) is 0 Å². The van der Waals surface area contributed by atoms with Gasteiger partial charge in [0.15, 0.2) is 6.61 Å². The molecule has 3 rings (SSSR count). The molecular weight excluding hydrogens is 387 g/mol. The number of carbonyl (C=O) groups is 3. The molecule has 6 nitrogen and oxygen atoms in total. The zero-order valence-corrected chi connectivity index (χ0v) is 17.7. The number of rotatable bonds is 7. The quantitative estimate of drug-likeness (QED) is 0.691. The van der Waals surface area contributed by atoms with Crippen LogP contribution in [0, 0.1) is 23.6 Å². The molecule has 2 aliphatic rings.